The van der Waals surface area contributed by atoms with Gasteiger partial charge in [-0.15, -0.1) is 0 Å². The fourth-order valence-electron chi connectivity index (χ4n) is 4.12. The third-order valence-corrected chi connectivity index (χ3v) is 5.65. The van der Waals surface area contributed by atoms with Crippen LogP contribution in [0.15, 0.2) is 48.5 Å². The van der Waals surface area contributed by atoms with E-state index in [2.05, 4.69) is 53.1 Å². The molecule has 168 valence electrons. The highest BCUT2D eigenvalue weighted by Crippen LogP contribution is 2.32. The van der Waals surface area contributed by atoms with E-state index in [1.54, 1.807) is 0 Å². The number of alkyl carbamates (subject to hydrolysis) is 1. The minimum atomic E-state index is -0.467. The molecule has 0 atom stereocenters. The Morgan fingerprint density at radius 1 is 1.03 bits per heavy atom. The molecule has 0 aromatic heterocycles. The van der Waals surface area contributed by atoms with Crippen LogP contribution < -0.4 is 16.4 Å². The highest BCUT2D eigenvalue weighted by Gasteiger charge is 2.25. The number of benzene rings is 2. The van der Waals surface area contributed by atoms with Crippen molar-refractivity contribution in [3.8, 4) is 11.1 Å². The van der Waals surface area contributed by atoms with Crippen LogP contribution in [0, 0.1) is 0 Å². The van der Waals surface area contributed by atoms with Gasteiger partial charge in [0.15, 0.2) is 0 Å². The standard InChI is InChI=1S/C26H37N3O2/c1-26(2,3)31-25(30)29-22-14-12-21(13-15-22)28-24-18-19(8-7-17-27)11-16-23(24)20-9-5-4-6-10-20/h4-6,9-11,16,18,21-22,28H,7-8,12-15,17,27H2,1-3H3,(H,29,30). The predicted molar refractivity (Wildman–Crippen MR) is 128 cm³/mol. The van der Waals surface area contributed by atoms with Crippen LogP contribution in [0.2, 0.25) is 0 Å². The topological polar surface area (TPSA) is 76.4 Å². The van der Waals surface area contributed by atoms with Gasteiger partial charge in [-0.05, 0) is 83.0 Å². The molecule has 0 aliphatic heterocycles. The first kappa shape index (κ1) is 23.1. The van der Waals surface area contributed by atoms with Gasteiger partial charge in [-0.25, -0.2) is 4.79 Å². The van der Waals surface area contributed by atoms with Crippen LogP contribution >= 0.6 is 0 Å². The van der Waals surface area contributed by atoms with E-state index in [1.807, 2.05) is 26.8 Å². The van der Waals surface area contributed by atoms with E-state index in [0.29, 0.717) is 12.6 Å². The number of amides is 1. The molecule has 0 radical (unpaired) electrons. The Bertz CT molecular complexity index is 837. The number of aryl methyl sites for hydroxylation is 1. The number of nitrogens with two attached hydrogens (primary N) is 1. The Morgan fingerprint density at radius 3 is 2.35 bits per heavy atom. The number of hydrogen-bond donors (Lipinski definition) is 3. The minimum Gasteiger partial charge on any atom is -0.444 e. The minimum absolute atomic E-state index is 0.178. The SMILES string of the molecule is CC(C)(C)OC(=O)NC1CCC(Nc2cc(CCCN)ccc2-c2ccccc2)CC1. The van der Waals surface area contributed by atoms with Gasteiger partial charge in [0.2, 0.25) is 0 Å². The Hall–Kier alpha value is -2.53. The van der Waals surface area contributed by atoms with Crippen molar-refractivity contribution in [3.63, 3.8) is 0 Å². The molecule has 3 rings (SSSR count). The first-order valence-corrected chi connectivity index (χ1v) is 11.5. The number of carbonyl (C=O) groups excluding carboxylic acids is 1. The van der Waals surface area contributed by atoms with Gasteiger partial charge in [-0.2, -0.15) is 0 Å². The third kappa shape index (κ3) is 7.28. The maximum atomic E-state index is 12.1. The summed E-state index contributed by atoms with van der Waals surface area (Å²) in [7, 11) is 0. The zero-order valence-electron chi connectivity index (χ0n) is 19.1. The molecular weight excluding hydrogens is 386 g/mol. The second kappa shape index (κ2) is 10.7. The fourth-order valence-corrected chi connectivity index (χ4v) is 4.12. The van der Waals surface area contributed by atoms with Gasteiger partial charge < -0.3 is 21.1 Å². The first-order valence-electron chi connectivity index (χ1n) is 11.5. The Kier molecular flexibility index (Phi) is 7.97. The zero-order valence-corrected chi connectivity index (χ0v) is 19.1. The van der Waals surface area contributed by atoms with E-state index in [4.69, 9.17) is 10.5 Å². The number of ether oxygens (including phenoxy) is 1. The normalized spacial score (nSPS) is 19.0. The number of carbonyl (C=O) groups is 1. The van der Waals surface area contributed by atoms with Crippen molar-refractivity contribution in [2.75, 3.05) is 11.9 Å². The Labute approximate surface area is 186 Å². The summed E-state index contributed by atoms with van der Waals surface area (Å²) in [6.07, 6.45) is 5.60. The van der Waals surface area contributed by atoms with Crippen molar-refractivity contribution < 1.29 is 9.53 Å². The average molecular weight is 424 g/mol. The molecule has 1 amide bonds. The molecule has 0 heterocycles. The quantitative estimate of drug-likeness (QED) is 0.550. The van der Waals surface area contributed by atoms with Gasteiger partial charge in [0.05, 0.1) is 0 Å². The van der Waals surface area contributed by atoms with Crippen molar-refractivity contribution in [1.82, 2.24) is 5.32 Å². The Balaban J connectivity index is 1.64. The van der Waals surface area contributed by atoms with Gasteiger partial charge in [0.25, 0.3) is 0 Å². The average Bonchev–Trinajstić information content (AvgIpc) is 2.73. The monoisotopic (exact) mass is 423 g/mol. The van der Waals surface area contributed by atoms with Gasteiger partial charge in [0.1, 0.15) is 5.60 Å². The smallest absolute Gasteiger partial charge is 0.407 e. The van der Waals surface area contributed by atoms with Gasteiger partial charge in [-0.1, -0.05) is 42.5 Å². The molecular formula is C26H37N3O2. The second-order valence-corrected chi connectivity index (χ2v) is 9.48. The molecule has 5 heteroatoms. The van der Waals surface area contributed by atoms with Crippen LogP contribution in [-0.2, 0) is 11.2 Å². The summed E-state index contributed by atoms with van der Waals surface area (Å²) in [6, 6.07) is 17.8. The molecule has 0 bridgehead atoms. The van der Waals surface area contributed by atoms with Crippen LogP contribution in [0.1, 0.15) is 58.4 Å². The second-order valence-electron chi connectivity index (χ2n) is 9.48. The summed E-state index contributed by atoms with van der Waals surface area (Å²) in [6.45, 7) is 6.37. The number of anilines is 1. The molecule has 1 aliphatic rings. The lowest BCUT2D eigenvalue weighted by Crippen LogP contribution is -2.42. The van der Waals surface area contributed by atoms with Crippen LogP contribution in [0.3, 0.4) is 0 Å². The molecule has 4 N–H and O–H groups in total. The van der Waals surface area contributed by atoms with E-state index in [9.17, 15) is 4.79 Å². The van der Waals surface area contributed by atoms with Crippen LogP contribution in [0.4, 0.5) is 10.5 Å². The maximum absolute atomic E-state index is 12.1. The van der Waals surface area contributed by atoms with Crippen molar-refractivity contribution >= 4 is 11.8 Å². The van der Waals surface area contributed by atoms with E-state index >= 15 is 0 Å². The van der Waals surface area contributed by atoms with Crippen LogP contribution in [0.5, 0.6) is 0 Å². The van der Waals surface area contributed by atoms with E-state index in [0.717, 1.165) is 38.5 Å². The molecule has 0 unspecified atom stereocenters. The number of hydrogen-bond acceptors (Lipinski definition) is 4. The lowest BCUT2D eigenvalue weighted by molar-refractivity contribution is 0.0492. The summed E-state index contributed by atoms with van der Waals surface area (Å²) in [5.41, 5.74) is 10.2. The summed E-state index contributed by atoms with van der Waals surface area (Å²) in [5.74, 6) is 0. The van der Waals surface area contributed by atoms with E-state index < -0.39 is 5.60 Å². The highest BCUT2D eigenvalue weighted by molar-refractivity contribution is 5.78. The predicted octanol–water partition coefficient (Wildman–Crippen LogP) is 5.49. The Morgan fingerprint density at radius 2 is 1.71 bits per heavy atom. The summed E-state index contributed by atoms with van der Waals surface area (Å²) < 4.78 is 5.40. The summed E-state index contributed by atoms with van der Waals surface area (Å²) in [4.78, 5) is 12.1. The van der Waals surface area contributed by atoms with Crippen molar-refractivity contribution in [2.24, 2.45) is 5.73 Å². The molecule has 0 spiro atoms. The number of nitrogens with one attached hydrogen (secondary N) is 2. The molecule has 0 saturated heterocycles. The first-order chi connectivity index (χ1) is 14.8. The number of rotatable bonds is 7. The summed E-state index contributed by atoms with van der Waals surface area (Å²) >= 11 is 0. The molecule has 1 aliphatic carbocycles. The van der Waals surface area contributed by atoms with Crippen molar-refractivity contribution in [3.05, 3.63) is 54.1 Å². The van der Waals surface area contributed by atoms with Crippen molar-refractivity contribution in [2.45, 2.75) is 77.0 Å². The lowest BCUT2D eigenvalue weighted by Gasteiger charge is -2.31. The maximum Gasteiger partial charge on any atom is 0.407 e. The molecule has 5 nitrogen and oxygen atoms in total. The molecule has 1 fully saturated rings. The van der Waals surface area contributed by atoms with Gasteiger partial charge >= 0.3 is 6.09 Å². The van der Waals surface area contributed by atoms with Gasteiger partial charge in [0, 0.05) is 23.3 Å². The summed E-state index contributed by atoms with van der Waals surface area (Å²) in [5, 5.41) is 6.83. The molecule has 2 aromatic carbocycles. The molecule has 1 saturated carbocycles. The lowest BCUT2D eigenvalue weighted by atomic mass is 9.90. The van der Waals surface area contributed by atoms with Crippen molar-refractivity contribution in [1.29, 1.82) is 0 Å². The zero-order chi connectivity index (χ0) is 22.3. The highest BCUT2D eigenvalue weighted by atomic mass is 16.6. The van der Waals surface area contributed by atoms with E-state index in [-0.39, 0.29) is 12.1 Å². The van der Waals surface area contributed by atoms with Crippen LogP contribution in [-0.4, -0.2) is 30.3 Å². The molecule has 31 heavy (non-hydrogen) atoms. The van der Waals surface area contributed by atoms with Gasteiger partial charge in [-0.3, -0.25) is 0 Å². The van der Waals surface area contributed by atoms with E-state index in [1.165, 1.54) is 22.4 Å². The largest absolute Gasteiger partial charge is 0.444 e. The fraction of sp³-hybridized carbons (Fsp3) is 0.500. The third-order valence-electron chi connectivity index (χ3n) is 5.65. The molecule has 2 aromatic rings. The van der Waals surface area contributed by atoms with Crippen LogP contribution in [0.25, 0.3) is 11.1 Å².